The molecular weight excluding hydrogens is 310 g/mol. The van der Waals surface area contributed by atoms with Gasteiger partial charge >= 0.3 is 0 Å². The maximum absolute atomic E-state index is 12.5. The Hall–Kier alpha value is -2.53. The molecule has 0 N–H and O–H groups in total. The summed E-state index contributed by atoms with van der Waals surface area (Å²) < 4.78 is 5.37. The van der Waals surface area contributed by atoms with E-state index < -0.39 is 0 Å². The molecule has 0 aliphatic carbocycles. The lowest BCUT2D eigenvalue weighted by molar-refractivity contribution is -0.113. The molecular formula is C18H15NO3S. The molecule has 0 spiro atoms. The number of amides is 2. The van der Waals surface area contributed by atoms with E-state index in [-0.39, 0.29) is 11.1 Å². The number of thioether (sulfide) groups is 1. The van der Waals surface area contributed by atoms with Gasteiger partial charge in [0.1, 0.15) is 5.75 Å². The standard InChI is InChI=1S/C18H15NO3S/c1-2-22-15-10-8-14(9-11-15)19-17(20)16(23-18(19)21)12-13-6-4-3-5-7-13/h3-12H,2H2,1H3/b16-12-. The maximum atomic E-state index is 12.5. The van der Waals surface area contributed by atoms with Gasteiger partial charge in [-0.1, -0.05) is 30.3 Å². The molecule has 5 heteroatoms. The van der Waals surface area contributed by atoms with E-state index in [2.05, 4.69) is 0 Å². The molecule has 3 rings (SSSR count). The van der Waals surface area contributed by atoms with Crippen LogP contribution in [0.2, 0.25) is 0 Å². The van der Waals surface area contributed by atoms with Crippen LogP contribution in [0.1, 0.15) is 12.5 Å². The second kappa shape index (κ2) is 6.71. The van der Waals surface area contributed by atoms with Gasteiger partial charge in [0.05, 0.1) is 17.2 Å². The molecule has 4 nitrogen and oxygen atoms in total. The Morgan fingerprint density at radius 1 is 1.04 bits per heavy atom. The van der Waals surface area contributed by atoms with E-state index in [0.29, 0.717) is 22.9 Å². The van der Waals surface area contributed by atoms with E-state index in [9.17, 15) is 9.59 Å². The molecule has 0 bridgehead atoms. The van der Waals surface area contributed by atoms with Gasteiger partial charge < -0.3 is 4.74 Å². The summed E-state index contributed by atoms with van der Waals surface area (Å²) in [6.45, 7) is 2.47. The van der Waals surface area contributed by atoms with E-state index >= 15 is 0 Å². The second-order valence-corrected chi connectivity index (χ2v) is 5.85. The lowest BCUT2D eigenvalue weighted by Gasteiger charge is -2.13. The van der Waals surface area contributed by atoms with Crippen LogP contribution in [-0.4, -0.2) is 17.8 Å². The molecule has 2 aromatic carbocycles. The van der Waals surface area contributed by atoms with Crippen molar-refractivity contribution in [3.63, 3.8) is 0 Å². The number of benzene rings is 2. The van der Waals surface area contributed by atoms with Crippen molar-refractivity contribution in [1.82, 2.24) is 0 Å². The third kappa shape index (κ3) is 3.29. The number of carbonyl (C=O) groups is 2. The molecule has 1 saturated heterocycles. The first-order valence-corrected chi connectivity index (χ1v) is 8.06. The molecule has 0 unspecified atom stereocenters. The Labute approximate surface area is 138 Å². The smallest absolute Gasteiger partial charge is 0.298 e. The second-order valence-electron chi connectivity index (χ2n) is 4.85. The minimum Gasteiger partial charge on any atom is -0.494 e. The molecule has 0 saturated carbocycles. The predicted octanol–water partition coefficient (Wildman–Crippen LogP) is 4.33. The van der Waals surface area contributed by atoms with E-state index in [1.54, 1.807) is 30.3 Å². The summed E-state index contributed by atoms with van der Waals surface area (Å²) in [5, 5.41) is -0.290. The van der Waals surface area contributed by atoms with Crippen molar-refractivity contribution in [2.75, 3.05) is 11.5 Å². The van der Waals surface area contributed by atoms with Crippen LogP contribution in [-0.2, 0) is 4.79 Å². The predicted molar refractivity (Wildman–Crippen MR) is 92.5 cm³/mol. The van der Waals surface area contributed by atoms with E-state index in [1.807, 2.05) is 37.3 Å². The van der Waals surface area contributed by atoms with Crippen molar-refractivity contribution in [3.05, 3.63) is 65.1 Å². The number of anilines is 1. The van der Waals surface area contributed by atoms with Crippen LogP contribution in [0, 0.1) is 0 Å². The molecule has 0 atom stereocenters. The Balaban J connectivity index is 1.85. The zero-order valence-corrected chi connectivity index (χ0v) is 13.4. The highest BCUT2D eigenvalue weighted by Gasteiger charge is 2.36. The number of rotatable bonds is 4. The Morgan fingerprint density at radius 3 is 2.39 bits per heavy atom. The number of hydrogen-bond donors (Lipinski definition) is 0. The molecule has 0 aromatic heterocycles. The summed E-state index contributed by atoms with van der Waals surface area (Å²) in [4.78, 5) is 26.3. The topological polar surface area (TPSA) is 46.6 Å². The van der Waals surface area contributed by atoms with Gasteiger partial charge in [0, 0.05) is 0 Å². The Bertz CT molecular complexity index is 754. The van der Waals surface area contributed by atoms with Crippen molar-refractivity contribution in [2.45, 2.75) is 6.92 Å². The fraction of sp³-hybridized carbons (Fsp3) is 0.111. The number of nitrogens with zero attached hydrogens (tertiary/aromatic N) is 1. The zero-order valence-electron chi connectivity index (χ0n) is 12.6. The van der Waals surface area contributed by atoms with E-state index in [1.165, 1.54) is 4.90 Å². The molecule has 1 aliphatic rings. The Morgan fingerprint density at radius 2 is 1.74 bits per heavy atom. The fourth-order valence-electron chi connectivity index (χ4n) is 2.25. The van der Waals surface area contributed by atoms with Gasteiger partial charge in [-0.15, -0.1) is 0 Å². The normalized spacial score (nSPS) is 16.2. The monoisotopic (exact) mass is 325 g/mol. The molecule has 2 amide bonds. The van der Waals surface area contributed by atoms with Gasteiger partial charge in [0.25, 0.3) is 11.1 Å². The molecule has 116 valence electrons. The first-order chi connectivity index (χ1) is 11.2. The van der Waals surface area contributed by atoms with E-state index in [0.717, 1.165) is 17.3 Å². The van der Waals surface area contributed by atoms with Crippen molar-refractivity contribution < 1.29 is 14.3 Å². The number of hydrogen-bond acceptors (Lipinski definition) is 4. The first-order valence-electron chi connectivity index (χ1n) is 7.25. The van der Waals surface area contributed by atoms with E-state index in [4.69, 9.17) is 4.74 Å². The summed E-state index contributed by atoms with van der Waals surface area (Å²) in [5.74, 6) is 0.413. The highest BCUT2D eigenvalue weighted by molar-refractivity contribution is 8.19. The van der Waals surface area contributed by atoms with Gasteiger partial charge in [-0.25, -0.2) is 4.90 Å². The van der Waals surface area contributed by atoms with Gasteiger partial charge in [0.15, 0.2) is 0 Å². The van der Waals surface area contributed by atoms with Crippen LogP contribution in [0.5, 0.6) is 5.75 Å². The minimum atomic E-state index is -0.298. The summed E-state index contributed by atoms with van der Waals surface area (Å²) in [6.07, 6.45) is 1.74. The fourth-order valence-corrected chi connectivity index (χ4v) is 3.09. The SMILES string of the molecule is CCOc1ccc(N2C(=O)S/C(=C\c3ccccc3)C2=O)cc1. The van der Waals surface area contributed by atoms with Crippen LogP contribution in [0.25, 0.3) is 6.08 Å². The van der Waals surface area contributed by atoms with Crippen LogP contribution >= 0.6 is 11.8 Å². The van der Waals surface area contributed by atoms with Crippen LogP contribution in [0.4, 0.5) is 10.5 Å². The average molecular weight is 325 g/mol. The van der Waals surface area contributed by atoms with Gasteiger partial charge in [-0.2, -0.15) is 0 Å². The van der Waals surface area contributed by atoms with Crippen LogP contribution in [0.3, 0.4) is 0 Å². The molecule has 1 heterocycles. The largest absolute Gasteiger partial charge is 0.494 e. The summed E-state index contributed by atoms with van der Waals surface area (Å²) in [6, 6.07) is 16.4. The summed E-state index contributed by atoms with van der Waals surface area (Å²) in [7, 11) is 0. The first kappa shape index (κ1) is 15.4. The van der Waals surface area contributed by atoms with Crippen molar-refractivity contribution in [3.8, 4) is 5.75 Å². The summed E-state index contributed by atoms with van der Waals surface area (Å²) in [5.41, 5.74) is 1.44. The lowest BCUT2D eigenvalue weighted by atomic mass is 10.2. The summed E-state index contributed by atoms with van der Waals surface area (Å²) >= 11 is 0.953. The van der Waals surface area contributed by atoms with Crippen molar-refractivity contribution >= 4 is 34.7 Å². The molecule has 0 radical (unpaired) electrons. The highest BCUT2D eigenvalue weighted by atomic mass is 32.2. The third-order valence-corrected chi connectivity index (χ3v) is 4.17. The molecule has 23 heavy (non-hydrogen) atoms. The molecule has 1 fully saturated rings. The zero-order chi connectivity index (χ0) is 16.2. The van der Waals surface area contributed by atoms with Crippen LogP contribution in [0.15, 0.2) is 59.5 Å². The maximum Gasteiger partial charge on any atom is 0.298 e. The lowest BCUT2D eigenvalue weighted by Crippen LogP contribution is -2.27. The number of imide groups is 1. The number of ether oxygens (including phenoxy) is 1. The molecule has 2 aromatic rings. The molecule has 1 aliphatic heterocycles. The third-order valence-electron chi connectivity index (χ3n) is 3.30. The van der Waals surface area contributed by atoms with Gasteiger partial charge in [-0.3, -0.25) is 9.59 Å². The van der Waals surface area contributed by atoms with Crippen molar-refractivity contribution in [1.29, 1.82) is 0 Å². The minimum absolute atomic E-state index is 0.290. The van der Waals surface area contributed by atoms with Gasteiger partial charge in [-0.05, 0) is 54.6 Å². The van der Waals surface area contributed by atoms with Crippen molar-refractivity contribution in [2.24, 2.45) is 0 Å². The number of carbonyl (C=O) groups excluding carboxylic acids is 2. The quantitative estimate of drug-likeness (QED) is 0.785. The highest BCUT2D eigenvalue weighted by Crippen LogP contribution is 2.36. The Kier molecular flexibility index (Phi) is 4.48. The average Bonchev–Trinajstić information content (AvgIpc) is 2.84. The van der Waals surface area contributed by atoms with Gasteiger partial charge in [0.2, 0.25) is 0 Å². The van der Waals surface area contributed by atoms with Crippen LogP contribution < -0.4 is 9.64 Å².